The van der Waals surface area contributed by atoms with Gasteiger partial charge in [0.15, 0.2) is 0 Å². The van der Waals surface area contributed by atoms with Crippen LogP contribution in [0.2, 0.25) is 0 Å². The monoisotopic (exact) mass is 311 g/mol. The van der Waals surface area contributed by atoms with Crippen LogP contribution >= 0.6 is 0 Å². The number of benzene rings is 1. The summed E-state index contributed by atoms with van der Waals surface area (Å²) in [6.45, 7) is 2.06. The maximum atomic E-state index is 13.5. The summed E-state index contributed by atoms with van der Waals surface area (Å²) in [5.74, 6) is 0.263. The SMILES string of the molecule is O=C(C=Cc1ccccc1F)Nc1ccc(N2CCCC2)nc1. The largest absolute Gasteiger partial charge is 0.357 e. The summed E-state index contributed by atoms with van der Waals surface area (Å²) in [5, 5.41) is 2.72. The lowest BCUT2D eigenvalue weighted by Crippen LogP contribution is -2.18. The van der Waals surface area contributed by atoms with Gasteiger partial charge in [-0.25, -0.2) is 9.37 Å². The van der Waals surface area contributed by atoms with E-state index in [0.717, 1.165) is 18.9 Å². The second kappa shape index (κ2) is 7.05. The smallest absolute Gasteiger partial charge is 0.248 e. The fourth-order valence-electron chi connectivity index (χ4n) is 2.55. The lowest BCUT2D eigenvalue weighted by molar-refractivity contribution is -0.111. The van der Waals surface area contributed by atoms with Gasteiger partial charge in [-0.05, 0) is 37.1 Å². The zero-order chi connectivity index (χ0) is 16.1. The van der Waals surface area contributed by atoms with Crippen LogP contribution < -0.4 is 10.2 Å². The molecule has 1 aliphatic heterocycles. The number of carbonyl (C=O) groups is 1. The molecule has 0 radical (unpaired) electrons. The zero-order valence-electron chi connectivity index (χ0n) is 12.7. The van der Waals surface area contributed by atoms with Crippen LogP contribution in [0.1, 0.15) is 18.4 Å². The molecule has 1 aliphatic rings. The Hall–Kier alpha value is -2.69. The minimum Gasteiger partial charge on any atom is -0.357 e. The molecule has 0 atom stereocenters. The van der Waals surface area contributed by atoms with Crippen molar-refractivity contribution in [1.29, 1.82) is 0 Å². The Morgan fingerprint density at radius 1 is 1.17 bits per heavy atom. The van der Waals surface area contributed by atoms with Gasteiger partial charge in [-0.2, -0.15) is 0 Å². The van der Waals surface area contributed by atoms with Gasteiger partial charge < -0.3 is 10.2 Å². The topological polar surface area (TPSA) is 45.2 Å². The third-order valence-electron chi connectivity index (χ3n) is 3.76. The molecule has 0 unspecified atom stereocenters. The molecular weight excluding hydrogens is 293 g/mol. The molecular formula is C18H18FN3O. The summed E-state index contributed by atoms with van der Waals surface area (Å²) in [5.41, 5.74) is 1.00. The molecule has 1 aromatic carbocycles. The fourth-order valence-corrected chi connectivity index (χ4v) is 2.55. The zero-order valence-corrected chi connectivity index (χ0v) is 12.7. The molecule has 2 heterocycles. The molecule has 3 rings (SSSR count). The van der Waals surface area contributed by atoms with Crippen molar-refractivity contribution < 1.29 is 9.18 Å². The molecule has 1 aromatic heterocycles. The molecule has 1 N–H and O–H groups in total. The van der Waals surface area contributed by atoms with E-state index in [1.165, 1.54) is 31.1 Å². The van der Waals surface area contributed by atoms with Crippen molar-refractivity contribution in [2.75, 3.05) is 23.3 Å². The number of anilines is 2. The molecule has 0 bridgehead atoms. The van der Waals surface area contributed by atoms with Crippen LogP contribution in [0.3, 0.4) is 0 Å². The van der Waals surface area contributed by atoms with Crippen LogP contribution in [0, 0.1) is 5.82 Å². The van der Waals surface area contributed by atoms with Gasteiger partial charge in [0.2, 0.25) is 5.91 Å². The number of pyridine rings is 1. The number of hydrogen-bond donors (Lipinski definition) is 1. The standard InChI is InChI=1S/C18H18FN3O/c19-16-6-2-1-5-14(16)7-10-18(23)21-15-8-9-17(20-13-15)22-11-3-4-12-22/h1-2,5-10,13H,3-4,11-12H2,(H,21,23). The Balaban J connectivity index is 1.60. The van der Waals surface area contributed by atoms with Crippen LogP contribution in [-0.4, -0.2) is 24.0 Å². The van der Waals surface area contributed by atoms with Gasteiger partial charge >= 0.3 is 0 Å². The molecule has 1 saturated heterocycles. The van der Waals surface area contributed by atoms with E-state index in [0.29, 0.717) is 11.3 Å². The molecule has 1 amide bonds. The third kappa shape index (κ3) is 3.94. The number of aromatic nitrogens is 1. The Morgan fingerprint density at radius 2 is 1.96 bits per heavy atom. The van der Waals surface area contributed by atoms with Gasteiger partial charge in [0.25, 0.3) is 0 Å². The molecule has 2 aromatic rings. The molecule has 0 saturated carbocycles. The van der Waals surface area contributed by atoms with E-state index in [1.807, 2.05) is 12.1 Å². The highest BCUT2D eigenvalue weighted by Gasteiger charge is 2.13. The molecule has 118 valence electrons. The lowest BCUT2D eigenvalue weighted by atomic mass is 10.2. The first-order chi connectivity index (χ1) is 11.2. The van der Waals surface area contributed by atoms with Crippen LogP contribution in [-0.2, 0) is 4.79 Å². The number of halogens is 1. The van der Waals surface area contributed by atoms with Crippen LogP contribution in [0.15, 0.2) is 48.7 Å². The van der Waals surface area contributed by atoms with E-state index in [1.54, 1.807) is 24.4 Å². The van der Waals surface area contributed by atoms with Crippen LogP contribution in [0.4, 0.5) is 15.9 Å². The van der Waals surface area contributed by atoms with Crippen molar-refractivity contribution in [2.24, 2.45) is 0 Å². The number of rotatable bonds is 4. The van der Waals surface area contributed by atoms with Crippen molar-refractivity contribution in [2.45, 2.75) is 12.8 Å². The average molecular weight is 311 g/mol. The van der Waals surface area contributed by atoms with Crippen molar-refractivity contribution in [3.63, 3.8) is 0 Å². The average Bonchev–Trinajstić information content (AvgIpc) is 3.09. The van der Waals surface area contributed by atoms with E-state index < -0.39 is 0 Å². The van der Waals surface area contributed by atoms with Crippen LogP contribution in [0.25, 0.3) is 6.08 Å². The quantitative estimate of drug-likeness (QED) is 0.879. The number of carbonyl (C=O) groups excluding carboxylic acids is 1. The fraction of sp³-hybridized carbons (Fsp3) is 0.222. The minimum absolute atomic E-state index is 0.316. The normalized spacial score (nSPS) is 14.4. The molecule has 1 fully saturated rings. The molecule has 23 heavy (non-hydrogen) atoms. The first-order valence-electron chi connectivity index (χ1n) is 7.67. The number of nitrogens with one attached hydrogen (secondary N) is 1. The van der Waals surface area contributed by atoms with Crippen molar-refractivity contribution >= 4 is 23.5 Å². The lowest BCUT2D eigenvalue weighted by Gasteiger charge is -2.16. The van der Waals surface area contributed by atoms with Crippen molar-refractivity contribution in [1.82, 2.24) is 4.98 Å². The summed E-state index contributed by atoms with van der Waals surface area (Å²) < 4.78 is 13.5. The van der Waals surface area contributed by atoms with Gasteiger partial charge in [-0.3, -0.25) is 4.79 Å². The summed E-state index contributed by atoms with van der Waals surface area (Å²) in [4.78, 5) is 18.5. The second-order valence-electron chi connectivity index (χ2n) is 5.44. The van der Waals surface area contributed by atoms with Crippen molar-refractivity contribution in [3.05, 3.63) is 60.1 Å². The number of hydrogen-bond acceptors (Lipinski definition) is 3. The molecule has 5 heteroatoms. The highest BCUT2D eigenvalue weighted by atomic mass is 19.1. The van der Waals surface area contributed by atoms with Gasteiger partial charge in [-0.15, -0.1) is 0 Å². The maximum Gasteiger partial charge on any atom is 0.248 e. The summed E-state index contributed by atoms with van der Waals surface area (Å²) in [6.07, 6.45) is 6.80. The van der Waals surface area contributed by atoms with Gasteiger partial charge in [-0.1, -0.05) is 18.2 Å². The van der Waals surface area contributed by atoms with Gasteiger partial charge in [0.05, 0.1) is 11.9 Å². The highest BCUT2D eigenvalue weighted by molar-refractivity contribution is 6.01. The molecule has 0 aliphatic carbocycles. The van der Waals surface area contributed by atoms with E-state index >= 15 is 0 Å². The van der Waals surface area contributed by atoms with Crippen LogP contribution in [0.5, 0.6) is 0 Å². The summed E-state index contributed by atoms with van der Waals surface area (Å²) >= 11 is 0. The van der Waals surface area contributed by atoms with E-state index in [2.05, 4.69) is 15.2 Å². The third-order valence-corrected chi connectivity index (χ3v) is 3.76. The second-order valence-corrected chi connectivity index (χ2v) is 5.44. The Morgan fingerprint density at radius 3 is 2.65 bits per heavy atom. The summed E-state index contributed by atoms with van der Waals surface area (Å²) in [7, 11) is 0. The highest BCUT2D eigenvalue weighted by Crippen LogP contribution is 2.19. The Kier molecular flexibility index (Phi) is 4.66. The Bertz CT molecular complexity index is 706. The minimum atomic E-state index is -0.354. The Labute approximate surface area is 134 Å². The molecule has 4 nitrogen and oxygen atoms in total. The first kappa shape index (κ1) is 15.2. The maximum absolute atomic E-state index is 13.5. The van der Waals surface area contributed by atoms with Gasteiger partial charge in [0, 0.05) is 24.7 Å². The van der Waals surface area contributed by atoms with E-state index in [9.17, 15) is 9.18 Å². The van der Waals surface area contributed by atoms with E-state index in [-0.39, 0.29) is 11.7 Å². The first-order valence-corrected chi connectivity index (χ1v) is 7.67. The number of nitrogens with zero attached hydrogens (tertiary/aromatic N) is 2. The number of amides is 1. The predicted molar refractivity (Wildman–Crippen MR) is 89.7 cm³/mol. The van der Waals surface area contributed by atoms with E-state index in [4.69, 9.17) is 0 Å². The van der Waals surface area contributed by atoms with Crippen molar-refractivity contribution in [3.8, 4) is 0 Å². The van der Waals surface area contributed by atoms with Gasteiger partial charge in [0.1, 0.15) is 11.6 Å². The summed E-state index contributed by atoms with van der Waals surface area (Å²) in [6, 6.07) is 10.0. The predicted octanol–water partition coefficient (Wildman–Crippen LogP) is 3.47. The molecule has 0 spiro atoms.